The van der Waals surface area contributed by atoms with Crippen molar-refractivity contribution < 1.29 is 4.52 Å². The molecule has 0 saturated heterocycles. The number of H-pyrrole nitrogens is 1. The number of nitrogen functional groups attached to an aromatic ring is 1. The molecule has 5 heteroatoms. The second-order valence-electron chi connectivity index (χ2n) is 5.03. The predicted octanol–water partition coefficient (Wildman–Crippen LogP) is 2.90. The van der Waals surface area contributed by atoms with E-state index < -0.39 is 0 Å². The SMILES string of the molecule is Cc1cccc(-c2c(-c3c[nH]c(C)cc3=O)noc2N)c1. The number of nitrogens with zero attached hydrogens (tertiary/aromatic N) is 1. The fourth-order valence-electron chi connectivity index (χ4n) is 2.32. The first-order valence-corrected chi connectivity index (χ1v) is 6.58. The number of nitrogens with two attached hydrogens (primary N) is 1. The average molecular weight is 281 g/mol. The molecule has 1 aromatic carbocycles. The monoisotopic (exact) mass is 281 g/mol. The first-order chi connectivity index (χ1) is 10.1. The van der Waals surface area contributed by atoms with Gasteiger partial charge in [-0.3, -0.25) is 4.79 Å². The minimum Gasteiger partial charge on any atom is -0.367 e. The Bertz CT molecular complexity index is 862. The second-order valence-corrected chi connectivity index (χ2v) is 5.03. The zero-order valence-corrected chi connectivity index (χ0v) is 11.8. The molecule has 21 heavy (non-hydrogen) atoms. The van der Waals surface area contributed by atoms with E-state index in [2.05, 4.69) is 10.1 Å². The van der Waals surface area contributed by atoms with Crippen LogP contribution in [-0.4, -0.2) is 10.1 Å². The van der Waals surface area contributed by atoms with Crippen molar-refractivity contribution in [2.45, 2.75) is 13.8 Å². The number of aromatic amines is 1. The molecule has 2 heterocycles. The largest absolute Gasteiger partial charge is 0.367 e. The summed E-state index contributed by atoms with van der Waals surface area (Å²) in [5.41, 5.74) is 10.1. The number of anilines is 1. The lowest BCUT2D eigenvalue weighted by Gasteiger charge is -2.04. The molecule has 0 fully saturated rings. The first kappa shape index (κ1) is 13.2. The van der Waals surface area contributed by atoms with Crippen molar-refractivity contribution in [2.75, 3.05) is 5.73 Å². The number of rotatable bonds is 2. The Morgan fingerprint density at radius 2 is 2.05 bits per heavy atom. The van der Waals surface area contributed by atoms with Gasteiger partial charge in [-0.05, 0) is 19.4 Å². The minimum absolute atomic E-state index is 0.117. The third-order valence-corrected chi connectivity index (χ3v) is 3.34. The molecule has 2 aromatic heterocycles. The average Bonchev–Trinajstić information content (AvgIpc) is 2.80. The van der Waals surface area contributed by atoms with Gasteiger partial charge in [0.05, 0.1) is 11.1 Å². The highest BCUT2D eigenvalue weighted by atomic mass is 16.5. The number of pyridine rings is 1. The maximum atomic E-state index is 12.2. The van der Waals surface area contributed by atoms with Crippen LogP contribution in [0.25, 0.3) is 22.4 Å². The molecule has 0 radical (unpaired) electrons. The number of nitrogens with one attached hydrogen (secondary N) is 1. The lowest BCUT2D eigenvalue weighted by Crippen LogP contribution is -2.06. The maximum absolute atomic E-state index is 12.2. The zero-order valence-electron chi connectivity index (χ0n) is 11.8. The highest BCUT2D eigenvalue weighted by Crippen LogP contribution is 2.35. The normalized spacial score (nSPS) is 10.8. The summed E-state index contributed by atoms with van der Waals surface area (Å²) >= 11 is 0. The molecule has 0 aliphatic carbocycles. The maximum Gasteiger partial charge on any atom is 0.230 e. The van der Waals surface area contributed by atoms with E-state index in [0.29, 0.717) is 16.8 Å². The van der Waals surface area contributed by atoms with E-state index in [4.69, 9.17) is 10.3 Å². The van der Waals surface area contributed by atoms with Crippen LogP contribution in [0.4, 0.5) is 5.88 Å². The smallest absolute Gasteiger partial charge is 0.230 e. The fraction of sp³-hybridized carbons (Fsp3) is 0.125. The van der Waals surface area contributed by atoms with Gasteiger partial charge in [-0.25, -0.2) is 0 Å². The van der Waals surface area contributed by atoms with E-state index in [1.165, 1.54) is 6.07 Å². The van der Waals surface area contributed by atoms with Gasteiger partial charge in [0.15, 0.2) is 5.43 Å². The Kier molecular flexibility index (Phi) is 3.10. The Balaban J connectivity index is 2.24. The van der Waals surface area contributed by atoms with Crippen LogP contribution in [-0.2, 0) is 0 Å². The van der Waals surface area contributed by atoms with E-state index in [1.807, 2.05) is 38.1 Å². The lowest BCUT2D eigenvalue weighted by molar-refractivity contribution is 0.439. The Labute approximate surface area is 121 Å². The molecule has 0 saturated carbocycles. The number of aromatic nitrogens is 2. The molecule has 3 N–H and O–H groups in total. The van der Waals surface area contributed by atoms with Gasteiger partial charge in [0.2, 0.25) is 5.88 Å². The topological polar surface area (TPSA) is 84.9 Å². The fourth-order valence-corrected chi connectivity index (χ4v) is 2.32. The van der Waals surface area contributed by atoms with Crippen LogP contribution in [0, 0.1) is 13.8 Å². The first-order valence-electron chi connectivity index (χ1n) is 6.58. The molecule has 0 aliphatic rings. The molecule has 0 spiro atoms. The molecule has 106 valence electrons. The quantitative estimate of drug-likeness (QED) is 0.756. The van der Waals surface area contributed by atoms with Crippen LogP contribution in [0.1, 0.15) is 11.3 Å². The molecule has 0 unspecified atom stereocenters. The van der Waals surface area contributed by atoms with Crippen LogP contribution in [0.2, 0.25) is 0 Å². The molecule has 3 rings (SSSR count). The highest BCUT2D eigenvalue weighted by molar-refractivity contribution is 5.86. The van der Waals surface area contributed by atoms with Crippen molar-refractivity contribution in [2.24, 2.45) is 0 Å². The molecule has 0 bridgehead atoms. The van der Waals surface area contributed by atoms with Crippen molar-refractivity contribution in [3.05, 3.63) is 58.0 Å². The number of hydrogen-bond donors (Lipinski definition) is 2. The molecule has 5 nitrogen and oxygen atoms in total. The van der Waals surface area contributed by atoms with Crippen molar-refractivity contribution in [3.8, 4) is 22.4 Å². The van der Waals surface area contributed by atoms with Gasteiger partial charge < -0.3 is 15.2 Å². The van der Waals surface area contributed by atoms with Crippen LogP contribution in [0.5, 0.6) is 0 Å². The van der Waals surface area contributed by atoms with Crippen LogP contribution in [0.15, 0.2) is 45.8 Å². The van der Waals surface area contributed by atoms with E-state index in [9.17, 15) is 4.79 Å². The van der Waals surface area contributed by atoms with Crippen LogP contribution in [0.3, 0.4) is 0 Å². The van der Waals surface area contributed by atoms with Crippen molar-refractivity contribution in [1.82, 2.24) is 10.1 Å². The summed E-state index contributed by atoms with van der Waals surface area (Å²) in [6.07, 6.45) is 1.63. The van der Waals surface area contributed by atoms with Crippen molar-refractivity contribution >= 4 is 5.88 Å². The summed E-state index contributed by atoms with van der Waals surface area (Å²) < 4.78 is 5.10. The molecule has 0 aliphatic heterocycles. The van der Waals surface area contributed by atoms with Gasteiger partial charge >= 0.3 is 0 Å². The molecule has 0 amide bonds. The van der Waals surface area contributed by atoms with Gasteiger partial charge in [0.25, 0.3) is 0 Å². The third kappa shape index (κ3) is 2.33. The summed E-state index contributed by atoms with van der Waals surface area (Å²) in [5.74, 6) is 0.204. The van der Waals surface area contributed by atoms with Gasteiger partial charge in [0, 0.05) is 18.0 Å². The van der Waals surface area contributed by atoms with E-state index in [0.717, 1.165) is 16.8 Å². The summed E-state index contributed by atoms with van der Waals surface area (Å²) in [6.45, 7) is 3.81. The third-order valence-electron chi connectivity index (χ3n) is 3.34. The molecule has 3 aromatic rings. The molecular formula is C16H15N3O2. The number of hydrogen-bond acceptors (Lipinski definition) is 4. The van der Waals surface area contributed by atoms with Gasteiger partial charge in [-0.2, -0.15) is 0 Å². The van der Waals surface area contributed by atoms with Gasteiger partial charge in [-0.1, -0.05) is 35.0 Å². The summed E-state index contributed by atoms with van der Waals surface area (Å²) in [6, 6.07) is 9.35. The number of aryl methyl sites for hydroxylation is 2. The van der Waals surface area contributed by atoms with Gasteiger partial charge in [-0.15, -0.1) is 0 Å². The van der Waals surface area contributed by atoms with E-state index in [-0.39, 0.29) is 11.3 Å². The Hall–Kier alpha value is -2.82. The van der Waals surface area contributed by atoms with Crippen molar-refractivity contribution in [1.29, 1.82) is 0 Å². The molecule has 0 atom stereocenters. The minimum atomic E-state index is -0.117. The molecular weight excluding hydrogens is 266 g/mol. The predicted molar refractivity (Wildman–Crippen MR) is 81.9 cm³/mol. The van der Waals surface area contributed by atoms with Gasteiger partial charge in [0.1, 0.15) is 5.69 Å². The number of benzene rings is 1. The second kappa shape index (κ2) is 4.94. The lowest BCUT2D eigenvalue weighted by atomic mass is 10.00. The Morgan fingerprint density at radius 1 is 1.24 bits per heavy atom. The van der Waals surface area contributed by atoms with E-state index in [1.54, 1.807) is 6.20 Å². The van der Waals surface area contributed by atoms with Crippen molar-refractivity contribution in [3.63, 3.8) is 0 Å². The summed E-state index contributed by atoms with van der Waals surface area (Å²) in [4.78, 5) is 15.2. The van der Waals surface area contributed by atoms with Crippen LogP contribution >= 0.6 is 0 Å². The Morgan fingerprint density at radius 3 is 2.76 bits per heavy atom. The zero-order chi connectivity index (χ0) is 15.0. The summed E-state index contributed by atoms with van der Waals surface area (Å²) in [5, 5.41) is 3.96. The standard InChI is InChI=1S/C16H15N3O2/c1-9-4-3-5-11(6-9)14-15(19-21-16(14)17)12-8-18-10(2)7-13(12)20/h3-8H,17H2,1-2H3,(H,18,20). The van der Waals surface area contributed by atoms with E-state index >= 15 is 0 Å². The highest BCUT2D eigenvalue weighted by Gasteiger charge is 2.19. The summed E-state index contributed by atoms with van der Waals surface area (Å²) in [7, 11) is 0. The van der Waals surface area contributed by atoms with Crippen LogP contribution < -0.4 is 11.2 Å².